The maximum absolute atomic E-state index is 12.8. The average Bonchev–Trinajstić information content (AvgIpc) is 3.39. The number of imide groups is 1. The highest BCUT2D eigenvalue weighted by molar-refractivity contribution is 6.23. The molecule has 1 fully saturated rings. The van der Waals surface area contributed by atoms with Gasteiger partial charge in [0.2, 0.25) is 5.89 Å². The number of aryl methyl sites for hydroxylation is 1. The third kappa shape index (κ3) is 5.37. The number of nitrogens with zero attached hydrogens (tertiary/aromatic N) is 2. The van der Waals surface area contributed by atoms with Crippen molar-refractivity contribution in [2.24, 2.45) is 0 Å². The number of ether oxygens (including phenoxy) is 3. The number of carbonyl (C=O) groups excluding carboxylic acids is 2. The smallest absolute Gasteiger partial charge is 0.427 e. The van der Waals surface area contributed by atoms with Gasteiger partial charge in [-0.15, -0.1) is 0 Å². The molecule has 2 heterocycles. The highest BCUT2D eigenvalue weighted by atomic mass is 16.6. The lowest BCUT2D eigenvalue weighted by molar-refractivity contribution is -0.114. The molecule has 0 aliphatic carbocycles. The van der Waals surface area contributed by atoms with Crippen LogP contribution in [0.4, 0.5) is 10.5 Å². The van der Waals surface area contributed by atoms with Crippen molar-refractivity contribution >= 4 is 17.7 Å². The molecule has 0 N–H and O–H groups in total. The van der Waals surface area contributed by atoms with Crippen LogP contribution >= 0.6 is 0 Å². The number of benzene rings is 2. The lowest BCUT2D eigenvalue weighted by Gasteiger charge is -2.15. The molecule has 4 rings (SSSR count). The minimum absolute atomic E-state index is 0.0566. The van der Waals surface area contributed by atoms with Crippen molar-refractivity contribution in [1.82, 2.24) is 4.98 Å². The molecule has 8 heteroatoms. The number of carbonyl (C=O) groups is 2. The van der Waals surface area contributed by atoms with Gasteiger partial charge < -0.3 is 18.6 Å². The molecule has 182 valence electrons. The SMILES string of the molecule is CCCCCC=C1OC(=O)N(c2ccc(OCc3nc(-c4ccccc4)oc3C)c(OC)c2)C1=O. The van der Waals surface area contributed by atoms with Crippen LogP contribution < -0.4 is 14.4 Å². The largest absolute Gasteiger partial charge is 0.493 e. The summed E-state index contributed by atoms with van der Waals surface area (Å²) in [7, 11) is 1.49. The monoisotopic (exact) mass is 476 g/mol. The van der Waals surface area contributed by atoms with Crippen LogP contribution in [0.3, 0.4) is 0 Å². The van der Waals surface area contributed by atoms with Gasteiger partial charge >= 0.3 is 12.0 Å². The third-order valence-corrected chi connectivity index (χ3v) is 5.61. The summed E-state index contributed by atoms with van der Waals surface area (Å²) >= 11 is 0. The Kier molecular flexibility index (Phi) is 7.50. The first-order valence-corrected chi connectivity index (χ1v) is 11.6. The van der Waals surface area contributed by atoms with Gasteiger partial charge in [0.25, 0.3) is 0 Å². The summed E-state index contributed by atoms with van der Waals surface area (Å²) < 4.78 is 22.4. The molecule has 2 aromatic carbocycles. The van der Waals surface area contributed by atoms with E-state index in [0.29, 0.717) is 41.0 Å². The number of aromatic nitrogens is 1. The van der Waals surface area contributed by atoms with Gasteiger partial charge in [-0.1, -0.05) is 38.0 Å². The Morgan fingerprint density at radius 3 is 2.60 bits per heavy atom. The maximum Gasteiger partial charge on any atom is 0.427 e. The second-order valence-corrected chi connectivity index (χ2v) is 8.08. The third-order valence-electron chi connectivity index (χ3n) is 5.61. The number of anilines is 1. The molecule has 0 atom stereocenters. The Hall–Kier alpha value is -4.07. The molecule has 8 nitrogen and oxygen atoms in total. The normalized spacial score (nSPS) is 14.5. The standard InChI is InChI=1S/C27H28N2O6/c1-4-5-6-10-13-23-26(30)29(27(31)35-23)20-14-15-22(24(16-20)32-3)33-17-21-18(2)34-25(28-21)19-11-8-7-9-12-19/h7-9,11-16H,4-6,10,17H2,1-3H3. The van der Waals surface area contributed by atoms with E-state index in [1.165, 1.54) is 7.11 Å². The fourth-order valence-corrected chi connectivity index (χ4v) is 3.68. The van der Waals surface area contributed by atoms with Gasteiger partial charge in [-0.25, -0.2) is 14.7 Å². The number of hydrogen-bond donors (Lipinski definition) is 0. The maximum atomic E-state index is 12.8. The zero-order chi connectivity index (χ0) is 24.8. The Labute approximate surface area is 204 Å². The van der Waals surface area contributed by atoms with E-state index < -0.39 is 12.0 Å². The van der Waals surface area contributed by atoms with Crippen LogP contribution in [-0.2, 0) is 16.1 Å². The average molecular weight is 477 g/mol. The molecular formula is C27H28N2O6. The van der Waals surface area contributed by atoms with Crippen LogP contribution in [-0.4, -0.2) is 24.1 Å². The van der Waals surface area contributed by atoms with Crippen LogP contribution in [0.25, 0.3) is 11.5 Å². The molecule has 1 saturated heterocycles. The highest BCUT2D eigenvalue weighted by Gasteiger charge is 2.38. The van der Waals surface area contributed by atoms with E-state index in [0.717, 1.165) is 29.7 Å². The molecule has 0 radical (unpaired) electrons. The topological polar surface area (TPSA) is 91.1 Å². The van der Waals surface area contributed by atoms with E-state index in [9.17, 15) is 9.59 Å². The van der Waals surface area contributed by atoms with Crippen molar-refractivity contribution in [3.05, 3.63) is 71.8 Å². The van der Waals surface area contributed by atoms with Crippen molar-refractivity contribution in [3.8, 4) is 23.0 Å². The van der Waals surface area contributed by atoms with Crippen molar-refractivity contribution in [2.75, 3.05) is 12.0 Å². The minimum atomic E-state index is -0.737. The van der Waals surface area contributed by atoms with Crippen LogP contribution in [0.2, 0.25) is 0 Å². The predicted molar refractivity (Wildman–Crippen MR) is 130 cm³/mol. The van der Waals surface area contributed by atoms with Gasteiger partial charge in [0.05, 0.1) is 12.8 Å². The molecule has 0 bridgehead atoms. The Bertz CT molecular complexity index is 1230. The van der Waals surface area contributed by atoms with Gasteiger partial charge in [0.1, 0.15) is 18.1 Å². The lowest BCUT2D eigenvalue weighted by atomic mass is 10.2. The first-order valence-electron chi connectivity index (χ1n) is 11.6. The summed E-state index contributed by atoms with van der Waals surface area (Å²) in [6.45, 7) is 4.09. The molecule has 1 aliphatic rings. The van der Waals surface area contributed by atoms with Crippen LogP contribution in [0, 0.1) is 6.92 Å². The van der Waals surface area contributed by atoms with Crippen LogP contribution in [0.5, 0.6) is 11.5 Å². The van der Waals surface area contributed by atoms with E-state index in [1.807, 2.05) is 37.3 Å². The summed E-state index contributed by atoms with van der Waals surface area (Å²) in [5.74, 6) is 1.55. The van der Waals surface area contributed by atoms with Gasteiger partial charge in [-0.05, 0) is 50.1 Å². The summed E-state index contributed by atoms with van der Waals surface area (Å²) in [4.78, 5) is 30.7. The second kappa shape index (κ2) is 10.9. The number of unbranched alkanes of at least 4 members (excludes halogenated alkanes) is 3. The lowest BCUT2D eigenvalue weighted by Crippen LogP contribution is -2.28. The molecule has 1 aromatic heterocycles. The van der Waals surface area contributed by atoms with Gasteiger partial charge in [0, 0.05) is 11.6 Å². The molecule has 1 aliphatic heterocycles. The molecule has 3 aromatic rings. The summed E-state index contributed by atoms with van der Waals surface area (Å²) in [6.07, 6.45) is 4.67. The van der Waals surface area contributed by atoms with E-state index in [-0.39, 0.29) is 12.4 Å². The Balaban J connectivity index is 1.47. The number of rotatable bonds is 10. The number of cyclic esters (lactones) is 1. The first-order chi connectivity index (χ1) is 17.0. The molecule has 2 amide bonds. The zero-order valence-electron chi connectivity index (χ0n) is 20.1. The van der Waals surface area contributed by atoms with Crippen molar-refractivity contribution < 1.29 is 28.2 Å². The molecule has 35 heavy (non-hydrogen) atoms. The van der Waals surface area contributed by atoms with Gasteiger partial charge in [-0.3, -0.25) is 4.79 Å². The summed E-state index contributed by atoms with van der Waals surface area (Å²) in [5.41, 5.74) is 1.88. The van der Waals surface area contributed by atoms with Crippen molar-refractivity contribution in [3.63, 3.8) is 0 Å². The first kappa shape index (κ1) is 24.1. The van der Waals surface area contributed by atoms with Crippen LogP contribution in [0.15, 0.2) is 64.8 Å². The fraction of sp³-hybridized carbons (Fsp3) is 0.296. The van der Waals surface area contributed by atoms with Crippen molar-refractivity contribution in [2.45, 2.75) is 46.1 Å². The Morgan fingerprint density at radius 1 is 1.06 bits per heavy atom. The minimum Gasteiger partial charge on any atom is -0.493 e. The zero-order valence-corrected chi connectivity index (χ0v) is 20.1. The number of allylic oxidation sites excluding steroid dienone is 1. The predicted octanol–water partition coefficient (Wildman–Crippen LogP) is 6.19. The second-order valence-electron chi connectivity index (χ2n) is 8.08. The molecular weight excluding hydrogens is 448 g/mol. The number of hydrogen-bond acceptors (Lipinski definition) is 7. The van der Waals surface area contributed by atoms with E-state index >= 15 is 0 Å². The fourth-order valence-electron chi connectivity index (χ4n) is 3.68. The van der Waals surface area contributed by atoms with Crippen molar-refractivity contribution in [1.29, 1.82) is 0 Å². The van der Waals surface area contributed by atoms with E-state index in [1.54, 1.807) is 24.3 Å². The molecule has 0 spiro atoms. The molecule has 0 saturated carbocycles. The highest BCUT2D eigenvalue weighted by Crippen LogP contribution is 2.35. The Morgan fingerprint density at radius 2 is 1.86 bits per heavy atom. The van der Waals surface area contributed by atoms with E-state index in [2.05, 4.69) is 11.9 Å². The summed E-state index contributed by atoms with van der Waals surface area (Å²) in [6, 6.07) is 14.4. The van der Waals surface area contributed by atoms with E-state index in [4.69, 9.17) is 18.6 Å². The summed E-state index contributed by atoms with van der Waals surface area (Å²) in [5, 5.41) is 0. The number of oxazole rings is 1. The van der Waals surface area contributed by atoms with Gasteiger partial charge in [0.15, 0.2) is 17.3 Å². The number of amides is 2. The number of methoxy groups -OCH3 is 1. The van der Waals surface area contributed by atoms with Gasteiger partial charge in [-0.2, -0.15) is 0 Å². The quantitative estimate of drug-likeness (QED) is 0.255. The molecule has 0 unspecified atom stereocenters. The van der Waals surface area contributed by atoms with Crippen LogP contribution in [0.1, 0.15) is 44.1 Å².